The molecule has 142 valence electrons. The monoisotopic (exact) mass is 386 g/mol. The van der Waals surface area contributed by atoms with E-state index in [-0.39, 0.29) is 16.2 Å². The van der Waals surface area contributed by atoms with Gasteiger partial charge in [-0.05, 0) is 46.1 Å². The lowest BCUT2D eigenvalue weighted by Crippen LogP contribution is -2.42. The molecule has 0 saturated heterocycles. The van der Waals surface area contributed by atoms with Crippen LogP contribution in [0.4, 0.5) is 0 Å². The molecule has 0 aliphatic carbocycles. The van der Waals surface area contributed by atoms with Gasteiger partial charge in [0.25, 0.3) is 0 Å². The van der Waals surface area contributed by atoms with Gasteiger partial charge in [-0.3, -0.25) is 4.99 Å². The van der Waals surface area contributed by atoms with Gasteiger partial charge >= 0.3 is 0 Å². The number of hydrogen-bond acceptors (Lipinski definition) is 4. The van der Waals surface area contributed by atoms with Gasteiger partial charge in [0.15, 0.2) is 5.96 Å². The fraction of sp³-hybridized carbons (Fsp3) is 0.588. The molecule has 0 aliphatic rings. The summed E-state index contributed by atoms with van der Waals surface area (Å²) in [5.74, 6) is 0.694. The molecule has 8 heteroatoms. The van der Waals surface area contributed by atoms with Crippen molar-refractivity contribution in [3.8, 4) is 0 Å². The molecule has 0 unspecified atom stereocenters. The van der Waals surface area contributed by atoms with Crippen LogP contribution in [0.1, 0.15) is 26.3 Å². The molecule has 0 bridgehead atoms. The Bertz CT molecular complexity index is 656. The Hall–Kier alpha value is -1.25. The summed E-state index contributed by atoms with van der Waals surface area (Å²) in [4.78, 5) is 4.83. The third-order valence-electron chi connectivity index (χ3n) is 3.56. The van der Waals surface area contributed by atoms with Crippen molar-refractivity contribution in [2.45, 2.75) is 37.3 Å². The second-order valence-corrected chi connectivity index (χ2v) is 9.58. The van der Waals surface area contributed by atoms with Crippen LogP contribution >= 0.6 is 11.8 Å². The highest BCUT2D eigenvalue weighted by Gasteiger charge is 2.15. The van der Waals surface area contributed by atoms with E-state index < -0.39 is 10.0 Å². The van der Waals surface area contributed by atoms with Crippen LogP contribution in [0.15, 0.2) is 34.2 Å². The molecule has 3 N–H and O–H groups in total. The summed E-state index contributed by atoms with van der Waals surface area (Å²) in [6.45, 7) is 10.4. The maximum Gasteiger partial charge on any atom is 0.240 e. The zero-order valence-corrected chi connectivity index (χ0v) is 17.4. The van der Waals surface area contributed by atoms with E-state index in [1.807, 2.05) is 13.8 Å². The van der Waals surface area contributed by atoms with Crippen LogP contribution in [0.5, 0.6) is 0 Å². The summed E-state index contributed by atoms with van der Waals surface area (Å²) in [6.07, 6.45) is 2.07. The fourth-order valence-corrected chi connectivity index (χ4v) is 3.07. The number of nitrogens with zero attached hydrogens (tertiary/aromatic N) is 1. The lowest BCUT2D eigenvalue weighted by Gasteiger charge is -2.20. The maximum atomic E-state index is 12.2. The van der Waals surface area contributed by atoms with E-state index >= 15 is 0 Å². The molecular formula is C17H30N4O2S2. The highest BCUT2D eigenvalue weighted by molar-refractivity contribution is 7.99. The van der Waals surface area contributed by atoms with E-state index in [1.54, 1.807) is 36.0 Å². The Kier molecular flexibility index (Phi) is 8.75. The second kappa shape index (κ2) is 10.0. The predicted octanol–water partition coefficient (Wildman–Crippen LogP) is 1.97. The van der Waals surface area contributed by atoms with E-state index in [2.05, 4.69) is 40.5 Å². The normalized spacial score (nSPS) is 12.9. The average molecular weight is 387 g/mol. The predicted molar refractivity (Wildman–Crippen MR) is 108 cm³/mol. The average Bonchev–Trinajstić information content (AvgIpc) is 2.57. The van der Waals surface area contributed by atoms with Crippen LogP contribution in [0.25, 0.3) is 0 Å². The lowest BCUT2D eigenvalue weighted by atomic mass is 10.2. The van der Waals surface area contributed by atoms with Crippen LogP contribution < -0.4 is 15.4 Å². The van der Waals surface area contributed by atoms with Crippen molar-refractivity contribution in [3.63, 3.8) is 0 Å². The maximum absolute atomic E-state index is 12.2. The standard InChI is InChI=1S/C17H30N4O2S2/c1-6-18-16(20-13-17(3,4)24-5)19-11-12-21-25(22,23)15-9-7-14(2)8-10-15/h7-10,21H,6,11-13H2,1-5H3,(H2,18,19,20). The van der Waals surface area contributed by atoms with Crippen molar-refractivity contribution < 1.29 is 8.42 Å². The quantitative estimate of drug-likeness (QED) is 0.343. The number of benzene rings is 1. The molecular weight excluding hydrogens is 356 g/mol. The van der Waals surface area contributed by atoms with Gasteiger partial charge in [0.05, 0.1) is 11.4 Å². The molecule has 1 rings (SSSR count). The lowest BCUT2D eigenvalue weighted by molar-refractivity contribution is 0.580. The summed E-state index contributed by atoms with van der Waals surface area (Å²) >= 11 is 1.76. The SMILES string of the molecule is CCNC(=NCC(C)(C)SC)NCCNS(=O)(=O)c1ccc(C)cc1. The minimum atomic E-state index is -3.48. The molecule has 0 heterocycles. The zero-order valence-electron chi connectivity index (χ0n) is 15.7. The van der Waals surface area contributed by atoms with Crippen molar-refractivity contribution >= 4 is 27.7 Å². The number of aliphatic imine (C=N–C) groups is 1. The number of sulfonamides is 1. The molecule has 0 aliphatic heterocycles. The first-order chi connectivity index (χ1) is 11.7. The number of nitrogens with one attached hydrogen (secondary N) is 3. The van der Waals surface area contributed by atoms with Gasteiger partial charge in [-0.1, -0.05) is 17.7 Å². The highest BCUT2D eigenvalue weighted by Crippen LogP contribution is 2.20. The van der Waals surface area contributed by atoms with Crippen LogP contribution in [0.2, 0.25) is 0 Å². The van der Waals surface area contributed by atoms with Crippen LogP contribution in [0.3, 0.4) is 0 Å². The van der Waals surface area contributed by atoms with Crippen LogP contribution in [0, 0.1) is 6.92 Å². The van der Waals surface area contributed by atoms with E-state index in [0.29, 0.717) is 19.0 Å². The summed E-state index contributed by atoms with van der Waals surface area (Å²) < 4.78 is 27.1. The molecule has 25 heavy (non-hydrogen) atoms. The van der Waals surface area contributed by atoms with Gasteiger partial charge < -0.3 is 10.6 Å². The summed E-state index contributed by atoms with van der Waals surface area (Å²) in [5, 5.41) is 6.32. The number of rotatable bonds is 9. The highest BCUT2D eigenvalue weighted by atomic mass is 32.2. The minimum Gasteiger partial charge on any atom is -0.357 e. The number of guanidine groups is 1. The Labute approximate surface area is 156 Å². The smallest absolute Gasteiger partial charge is 0.240 e. The fourth-order valence-electron chi connectivity index (χ4n) is 1.84. The zero-order chi connectivity index (χ0) is 18.9. The molecule has 6 nitrogen and oxygen atoms in total. The molecule has 0 spiro atoms. The van der Waals surface area contributed by atoms with Gasteiger partial charge in [-0.25, -0.2) is 13.1 Å². The van der Waals surface area contributed by atoms with Gasteiger partial charge in [0.2, 0.25) is 10.0 Å². The number of aryl methyl sites for hydroxylation is 1. The molecule has 0 saturated carbocycles. The summed E-state index contributed by atoms with van der Waals surface area (Å²) in [5.41, 5.74) is 1.03. The van der Waals surface area contributed by atoms with Crippen molar-refractivity contribution in [2.24, 2.45) is 4.99 Å². The molecule has 0 amide bonds. The van der Waals surface area contributed by atoms with Gasteiger partial charge in [0.1, 0.15) is 0 Å². The summed E-state index contributed by atoms with van der Waals surface area (Å²) in [7, 11) is -3.48. The van der Waals surface area contributed by atoms with E-state index in [9.17, 15) is 8.42 Å². The van der Waals surface area contributed by atoms with E-state index in [4.69, 9.17) is 0 Å². The minimum absolute atomic E-state index is 0.0649. The van der Waals surface area contributed by atoms with Crippen molar-refractivity contribution in [1.82, 2.24) is 15.4 Å². The van der Waals surface area contributed by atoms with Gasteiger partial charge in [0, 0.05) is 24.4 Å². The first-order valence-electron chi connectivity index (χ1n) is 8.34. The van der Waals surface area contributed by atoms with E-state index in [1.165, 1.54) is 0 Å². The Balaban J connectivity index is 2.53. The topological polar surface area (TPSA) is 82.6 Å². The first-order valence-corrected chi connectivity index (χ1v) is 11.0. The second-order valence-electron chi connectivity index (χ2n) is 6.30. The van der Waals surface area contributed by atoms with Crippen LogP contribution in [-0.2, 0) is 10.0 Å². The van der Waals surface area contributed by atoms with Crippen molar-refractivity contribution in [1.29, 1.82) is 0 Å². The Morgan fingerprint density at radius 2 is 1.80 bits per heavy atom. The number of hydrogen-bond donors (Lipinski definition) is 3. The van der Waals surface area contributed by atoms with Crippen LogP contribution in [-0.4, -0.2) is 51.6 Å². The molecule has 0 radical (unpaired) electrons. The third-order valence-corrected chi connectivity index (χ3v) is 6.27. The molecule has 0 atom stereocenters. The number of thioether (sulfide) groups is 1. The molecule has 0 aromatic heterocycles. The summed E-state index contributed by atoms with van der Waals surface area (Å²) in [6, 6.07) is 6.80. The Morgan fingerprint density at radius 3 is 2.36 bits per heavy atom. The largest absolute Gasteiger partial charge is 0.357 e. The molecule has 1 aromatic rings. The Morgan fingerprint density at radius 1 is 1.16 bits per heavy atom. The van der Waals surface area contributed by atoms with Crippen molar-refractivity contribution in [3.05, 3.63) is 29.8 Å². The molecule has 1 aromatic carbocycles. The van der Waals surface area contributed by atoms with Gasteiger partial charge in [-0.2, -0.15) is 11.8 Å². The van der Waals surface area contributed by atoms with Gasteiger partial charge in [-0.15, -0.1) is 0 Å². The molecule has 0 fully saturated rings. The third kappa shape index (κ3) is 8.11. The first kappa shape index (κ1) is 21.8. The van der Waals surface area contributed by atoms with E-state index in [0.717, 1.165) is 12.1 Å². The van der Waals surface area contributed by atoms with Crippen molar-refractivity contribution in [2.75, 3.05) is 32.4 Å².